The molecule has 0 radical (unpaired) electrons. The fraction of sp³-hybridized carbons (Fsp3) is 0.700. The second kappa shape index (κ2) is 5.13. The maximum atomic E-state index is 11.9. The number of aliphatic hydroxyl groups is 1. The lowest BCUT2D eigenvalue weighted by Crippen LogP contribution is -2.62. The van der Waals surface area contributed by atoms with Crippen molar-refractivity contribution in [1.29, 1.82) is 0 Å². The number of amides is 3. The SMILES string of the molecule is C[C@@H](CO)N1CC(=O)N(CC(N)=O)[C@@H](C)C1=O. The van der Waals surface area contributed by atoms with Gasteiger partial charge in [0, 0.05) is 0 Å². The minimum atomic E-state index is -0.724. The Morgan fingerprint density at radius 3 is 2.65 bits per heavy atom. The van der Waals surface area contributed by atoms with Gasteiger partial charge in [0.2, 0.25) is 17.7 Å². The number of primary amides is 1. The van der Waals surface area contributed by atoms with Crippen LogP contribution in [0.15, 0.2) is 0 Å². The maximum absolute atomic E-state index is 11.9. The number of hydrogen-bond acceptors (Lipinski definition) is 4. The van der Waals surface area contributed by atoms with Crippen molar-refractivity contribution in [2.24, 2.45) is 5.73 Å². The number of nitrogens with two attached hydrogens (primary N) is 1. The van der Waals surface area contributed by atoms with Crippen LogP contribution in [0.4, 0.5) is 0 Å². The molecule has 0 unspecified atom stereocenters. The van der Waals surface area contributed by atoms with E-state index in [1.807, 2.05) is 0 Å². The van der Waals surface area contributed by atoms with Gasteiger partial charge in [-0.05, 0) is 13.8 Å². The first-order valence-corrected chi connectivity index (χ1v) is 5.37. The van der Waals surface area contributed by atoms with Crippen LogP contribution >= 0.6 is 0 Å². The number of rotatable bonds is 4. The Balaban J connectivity index is 2.83. The van der Waals surface area contributed by atoms with Gasteiger partial charge in [-0.3, -0.25) is 14.4 Å². The lowest BCUT2D eigenvalue weighted by atomic mass is 10.1. The molecule has 0 aliphatic carbocycles. The predicted molar refractivity (Wildman–Crippen MR) is 58.6 cm³/mol. The molecule has 17 heavy (non-hydrogen) atoms. The van der Waals surface area contributed by atoms with Crippen LogP contribution in [0.25, 0.3) is 0 Å². The summed E-state index contributed by atoms with van der Waals surface area (Å²) < 4.78 is 0. The highest BCUT2D eigenvalue weighted by molar-refractivity contribution is 5.96. The molecule has 3 amide bonds. The minimum absolute atomic E-state index is 0.127. The zero-order valence-corrected chi connectivity index (χ0v) is 9.92. The van der Waals surface area contributed by atoms with Gasteiger partial charge in [0.25, 0.3) is 0 Å². The summed E-state index contributed by atoms with van der Waals surface area (Å²) in [6.07, 6.45) is 0. The van der Waals surface area contributed by atoms with Crippen LogP contribution in [0.3, 0.4) is 0 Å². The highest BCUT2D eigenvalue weighted by Gasteiger charge is 2.38. The van der Waals surface area contributed by atoms with E-state index >= 15 is 0 Å². The van der Waals surface area contributed by atoms with Crippen LogP contribution in [0, 0.1) is 0 Å². The van der Waals surface area contributed by atoms with E-state index in [9.17, 15) is 14.4 Å². The molecule has 0 aromatic rings. The Morgan fingerprint density at radius 1 is 1.59 bits per heavy atom. The molecule has 3 N–H and O–H groups in total. The van der Waals surface area contributed by atoms with E-state index in [0.717, 1.165) is 4.90 Å². The van der Waals surface area contributed by atoms with Gasteiger partial charge in [0.1, 0.15) is 19.1 Å². The normalized spacial score (nSPS) is 22.9. The second-order valence-corrected chi connectivity index (χ2v) is 4.16. The molecule has 0 saturated carbocycles. The van der Waals surface area contributed by atoms with E-state index in [1.165, 1.54) is 4.90 Å². The third kappa shape index (κ3) is 2.73. The Kier molecular flexibility index (Phi) is 4.06. The van der Waals surface area contributed by atoms with Crippen LogP contribution in [0.2, 0.25) is 0 Å². The number of nitrogens with zero attached hydrogens (tertiary/aromatic N) is 2. The van der Waals surface area contributed by atoms with E-state index in [2.05, 4.69) is 0 Å². The molecular formula is C10H17N3O4. The first-order chi connectivity index (χ1) is 7.88. The molecule has 1 aliphatic heterocycles. The van der Waals surface area contributed by atoms with Crippen molar-refractivity contribution >= 4 is 17.7 Å². The summed E-state index contributed by atoms with van der Waals surface area (Å²) in [5, 5.41) is 9.00. The minimum Gasteiger partial charge on any atom is -0.394 e. The molecule has 1 heterocycles. The van der Waals surface area contributed by atoms with Crippen LogP contribution in [-0.4, -0.2) is 64.4 Å². The van der Waals surface area contributed by atoms with Gasteiger partial charge in [-0.15, -0.1) is 0 Å². The monoisotopic (exact) mass is 243 g/mol. The molecule has 0 bridgehead atoms. The Labute approximate surface area is 99.2 Å². The molecule has 7 heteroatoms. The predicted octanol–water partition coefficient (Wildman–Crippen LogP) is -2.09. The Bertz CT molecular complexity index is 344. The third-order valence-corrected chi connectivity index (χ3v) is 2.86. The van der Waals surface area contributed by atoms with Gasteiger partial charge in [-0.2, -0.15) is 0 Å². The zero-order chi connectivity index (χ0) is 13.2. The molecule has 1 rings (SSSR count). The van der Waals surface area contributed by atoms with Gasteiger partial charge in [-0.1, -0.05) is 0 Å². The first-order valence-electron chi connectivity index (χ1n) is 5.37. The van der Waals surface area contributed by atoms with Crippen LogP contribution in [0.1, 0.15) is 13.8 Å². The number of piperazine rings is 1. The average molecular weight is 243 g/mol. The summed E-state index contributed by atoms with van der Waals surface area (Å²) in [6.45, 7) is 2.61. The van der Waals surface area contributed by atoms with Gasteiger partial charge in [-0.25, -0.2) is 0 Å². The highest BCUT2D eigenvalue weighted by atomic mass is 16.3. The topological polar surface area (TPSA) is 104 Å². The summed E-state index contributed by atoms with van der Waals surface area (Å²) >= 11 is 0. The van der Waals surface area contributed by atoms with Gasteiger partial charge < -0.3 is 20.6 Å². The largest absolute Gasteiger partial charge is 0.394 e. The van der Waals surface area contributed by atoms with Crippen molar-refractivity contribution in [3.63, 3.8) is 0 Å². The van der Waals surface area contributed by atoms with Crippen molar-refractivity contribution in [3.05, 3.63) is 0 Å². The molecular weight excluding hydrogens is 226 g/mol. The molecule has 96 valence electrons. The first kappa shape index (κ1) is 13.4. The Hall–Kier alpha value is -1.63. The number of carbonyl (C=O) groups is 3. The van der Waals surface area contributed by atoms with Crippen molar-refractivity contribution < 1.29 is 19.5 Å². The summed E-state index contributed by atoms with van der Waals surface area (Å²) in [4.78, 5) is 37.0. The third-order valence-electron chi connectivity index (χ3n) is 2.86. The van der Waals surface area contributed by atoms with Crippen molar-refractivity contribution in [2.75, 3.05) is 19.7 Å². The highest BCUT2D eigenvalue weighted by Crippen LogP contribution is 2.14. The second-order valence-electron chi connectivity index (χ2n) is 4.16. The van der Waals surface area contributed by atoms with Crippen molar-refractivity contribution in [3.8, 4) is 0 Å². The lowest BCUT2D eigenvalue weighted by Gasteiger charge is -2.40. The molecule has 1 aliphatic rings. The van der Waals surface area contributed by atoms with Gasteiger partial charge >= 0.3 is 0 Å². The van der Waals surface area contributed by atoms with Gasteiger partial charge in [0.15, 0.2) is 0 Å². The number of aliphatic hydroxyl groups excluding tert-OH is 1. The number of carbonyl (C=O) groups excluding carboxylic acids is 3. The summed E-state index contributed by atoms with van der Waals surface area (Å²) in [6, 6.07) is -1.14. The summed E-state index contributed by atoms with van der Waals surface area (Å²) in [5.74, 6) is -1.27. The van der Waals surface area contributed by atoms with E-state index in [4.69, 9.17) is 10.8 Å². The average Bonchev–Trinajstić information content (AvgIpc) is 2.28. The molecule has 1 saturated heterocycles. The quantitative estimate of drug-likeness (QED) is 0.591. The van der Waals surface area contributed by atoms with E-state index in [-0.39, 0.29) is 31.5 Å². The fourth-order valence-electron chi connectivity index (χ4n) is 1.77. The Morgan fingerprint density at radius 2 is 2.18 bits per heavy atom. The fourth-order valence-corrected chi connectivity index (χ4v) is 1.77. The molecule has 2 atom stereocenters. The van der Waals surface area contributed by atoms with Crippen molar-refractivity contribution in [1.82, 2.24) is 9.80 Å². The zero-order valence-electron chi connectivity index (χ0n) is 9.92. The van der Waals surface area contributed by atoms with E-state index < -0.39 is 18.0 Å². The van der Waals surface area contributed by atoms with E-state index in [0.29, 0.717) is 0 Å². The summed E-state index contributed by atoms with van der Waals surface area (Å²) in [7, 11) is 0. The van der Waals surface area contributed by atoms with Crippen molar-refractivity contribution in [2.45, 2.75) is 25.9 Å². The standard InChI is InChI=1S/C10H17N3O4/c1-6(5-14)12-4-9(16)13(3-8(11)15)7(2)10(12)17/h6-7,14H,3-5H2,1-2H3,(H2,11,15)/t6-,7-/m0/s1. The van der Waals surface area contributed by atoms with Crippen LogP contribution in [0.5, 0.6) is 0 Å². The van der Waals surface area contributed by atoms with Crippen LogP contribution in [-0.2, 0) is 14.4 Å². The molecule has 7 nitrogen and oxygen atoms in total. The van der Waals surface area contributed by atoms with E-state index in [1.54, 1.807) is 13.8 Å². The number of hydrogen-bond donors (Lipinski definition) is 2. The smallest absolute Gasteiger partial charge is 0.245 e. The van der Waals surface area contributed by atoms with Gasteiger partial charge in [0.05, 0.1) is 12.6 Å². The van der Waals surface area contributed by atoms with Crippen LogP contribution < -0.4 is 5.73 Å². The molecule has 0 spiro atoms. The maximum Gasteiger partial charge on any atom is 0.245 e. The summed E-state index contributed by atoms with van der Waals surface area (Å²) in [5.41, 5.74) is 5.02. The molecule has 0 aromatic carbocycles. The molecule has 1 fully saturated rings. The lowest BCUT2D eigenvalue weighted by molar-refractivity contribution is -0.158. The molecule has 0 aromatic heterocycles.